The molecule has 0 spiro atoms. The minimum absolute atomic E-state index is 1.26. The van der Waals surface area contributed by atoms with Crippen molar-refractivity contribution in [1.82, 2.24) is 0 Å². The average Bonchev–Trinajstić information content (AvgIpc) is 2.73. The summed E-state index contributed by atoms with van der Waals surface area (Å²) < 4.78 is 0. The Labute approximate surface area is 112 Å². The van der Waals surface area contributed by atoms with Gasteiger partial charge in [-0.1, -0.05) is 60.7 Å². The fourth-order valence-electron chi connectivity index (χ4n) is 2.86. The van der Waals surface area contributed by atoms with Gasteiger partial charge in [-0.3, -0.25) is 0 Å². The first-order chi connectivity index (χ1) is 9.45. The molecule has 0 fully saturated rings. The Balaban J connectivity index is 2.36. The number of rotatable bonds is 0. The largest absolute Gasteiger partial charge is 0.120 e. The smallest absolute Gasteiger partial charge is 0.00217 e. The van der Waals surface area contributed by atoms with E-state index in [9.17, 15) is 0 Å². The number of hydrogen-bond acceptors (Lipinski definition) is 0. The fraction of sp³-hybridized carbons (Fsp3) is 0. The lowest BCUT2D eigenvalue weighted by Gasteiger charge is -2.12. The van der Waals surface area contributed by atoms with Gasteiger partial charge in [0.2, 0.25) is 0 Å². The molecule has 19 heavy (non-hydrogen) atoms. The number of hydrogen-bond donors (Lipinski definition) is 0. The highest BCUT2D eigenvalue weighted by Gasteiger charge is 2.10. The van der Waals surface area contributed by atoms with Crippen molar-refractivity contribution in [2.24, 2.45) is 0 Å². The van der Waals surface area contributed by atoms with Crippen LogP contribution in [0.1, 0.15) is 11.1 Å². The molecule has 1 aliphatic rings. The van der Waals surface area contributed by atoms with E-state index >= 15 is 0 Å². The van der Waals surface area contributed by atoms with E-state index < -0.39 is 0 Å². The molecule has 3 aromatic rings. The van der Waals surface area contributed by atoms with E-state index in [-0.39, 0.29) is 0 Å². The van der Waals surface area contributed by atoms with Crippen molar-refractivity contribution in [1.29, 1.82) is 0 Å². The molecule has 0 unspecified atom stereocenters. The number of benzene rings is 3. The van der Waals surface area contributed by atoms with Crippen LogP contribution in [0, 0.1) is 0 Å². The van der Waals surface area contributed by atoms with E-state index in [0.717, 1.165) is 0 Å². The first kappa shape index (κ1) is 10.4. The summed E-state index contributed by atoms with van der Waals surface area (Å²) in [6.45, 7) is 0. The van der Waals surface area contributed by atoms with Crippen LogP contribution in [0.4, 0.5) is 0 Å². The zero-order chi connectivity index (χ0) is 12.7. The molecule has 3 aromatic carbocycles. The molecule has 0 heterocycles. The van der Waals surface area contributed by atoms with Gasteiger partial charge < -0.3 is 0 Å². The van der Waals surface area contributed by atoms with Gasteiger partial charge in [-0.25, -0.2) is 0 Å². The molecule has 0 nitrogen and oxygen atoms in total. The lowest BCUT2D eigenvalue weighted by atomic mass is 9.91. The van der Waals surface area contributed by atoms with Gasteiger partial charge in [-0.05, 0) is 44.8 Å². The normalized spacial score (nSPS) is 12.8. The van der Waals surface area contributed by atoms with Crippen molar-refractivity contribution >= 4 is 33.7 Å². The molecule has 1 aliphatic carbocycles. The van der Waals surface area contributed by atoms with Gasteiger partial charge >= 0.3 is 0 Å². The monoisotopic (exact) mass is 240 g/mol. The summed E-state index contributed by atoms with van der Waals surface area (Å²) in [5.74, 6) is 0. The van der Waals surface area contributed by atoms with Crippen LogP contribution < -0.4 is 0 Å². The Morgan fingerprint density at radius 3 is 1.89 bits per heavy atom. The van der Waals surface area contributed by atoms with Crippen LogP contribution in [0.3, 0.4) is 0 Å². The Morgan fingerprint density at radius 1 is 0.632 bits per heavy atom. The first-order valence-electron chi connectivity index (χ1n) is 6.48. The van der Waals surface area contributed by atoms with Crippen LogP contribution in [0.15, 0.2) is 66.4 Å². The van der Waals surface area contributed by atoms with Crippen molar-refractivity contribution < 1.29 is 0 Å². The number of allylic oxidation sites excluding steroid dienone is 2. The zero-order valence-electron chi connectivity index (χ0n) is 10.4. The molecule has 0 amide bonds. The van der Waals surface area contributed by atoms with Crippen molar-refractivity contribution in [2.75, 3.05) is 0 Å². The average molecular weight is 240 g/mol. The minimum atomic E-state index is 1.26. The molecule has 0 heteroatoms. The first-order valence-corrected chi connectivity index (χ1v) is 6.48. The van der Waals surface area contributed by atoms with E-state index in [1.807, 2.05) is 6.08 Å². The second-order valence-corrected chi connectivity index (χ2v) is 4.76. The summed E-state index contributed by atoms with van der Waals surface area (Å²) >= 11 is 0. The van der Waals surface area contributed by atoms with Crippen LogP contribution in [-0.4, -0.2) is 0 Å². The minimum Gasteiger partial charge on any atom is -0.120 e. The maximum absolute atomic E-state index is 3.22. The molecular weight excluding hydrogens is 228 g/mol. The van der Waals surface area contributed by atoms with Crippen LogP contribution in [0.25, 0.3) is 33.7 Å². The van der Waals surface area contributed by atoms with E-state index in [2.05, 4.69) is 72.5 Å². The van der Waals surface area contributed by atoms with E-state index in [4.69, 9.17) is 0 Å². The Hall–Kier alpha value is -2.56. The zero-order valence-corrected chi connectivity index (χ0v) is 10.4. The lowest BCUT2D eigenvalue weighted by molar-refractivity contribution is 1.71. The van der Waals surface area contributed by atoms with Gasteiger partial charge in [-0.2, -0.15) is 0 Å². The molecule has 0 saturated heterocycles. The topological polar surface area (TPSA) is 0 Å². The molecule has 0 aliphatic heterocycles. The molecule has 0 atom stereocenters. The molecule has 0 saturated carbocycles. The quantitative estimate of drug-likeness (QED) is 0.375. The van der Waals surface area contributed by atoms with E-state index in [1.54, 1.807) is 0 Å². The molecule has 0 radical (unpaired) electrons. The summed E-state index contributed by atoms with van der Waals surface area (Å²) in [5.41, 5.74) is 5.77. The van der Waals surface area contributed by atoms with Gasteiger partial charge in [-0.15, -0.1) is 5.73 Å². The fourth-order valence-corrected chi connectivity index (χ4v) is 2.86. The maximum Gasteiger partial charge on any atom is -0.00217 e. The highest BCUT2D eigenvalue weighted by atomic mass is 14.1. The number of fused-ring (bicyclic) bond motifs is 6. The Bertz CT molecular complexity index is 888. The second kappa shape index (κ2) is 3.98. The standard InChI is InChI=1S/C19H12/c1-2-8-14-15(9-3-1)17-11-5-7-13-19(17)18-12-6-4-10-16(14)18/h1-2,4-13H. The summed E-state index contributed by atoms with van der Waals surface area (Å²) in [7, 11) is 0. The van der Waals surface area contributed by atoms with E-state index in [0.29, 0.717) is 0 Å². The molecule has 0 bridgehead atoms. The van der Waals surface area contributed by atoms with Crippen LogP contribution in [-0.2, 0) is 0 Å². The van der Waals surface area contributed by atoms with Crippen LogP contribution >= 0.6 is 0 Å². The third-order valence-electron chi connectivity index (χ3n) is 3.70. The van der Waals surface area contributed by atoms with Crippen LogP contribution in [0.5, 0.6) is 0 Å². The Morgan fingerprint density at radius 2 is 1.21 bits per heavy atom. The predicted molar refractivity (Wildman–Crippen MR) is 83.0 cm³/mol. The molecule has 0 aromatic heterocycles. The molecule has 88 valence electrons. The Kier molecular flexibility index (Phi) is 2.17. The van der Waals surface area contributed by atoms with Crippen LogP contribution in [0.2, 0.25) is 0 Å². The van der Waals surface area contributed by atoms with Crippen molar-refractivity contribution in [3.63, 3.8) is 0 Å². The summed E-state index contributed by atoms with van der Waals surface area (Å²) in [5, 5.41) is 5.23. The predicted octanol–water partition coefficient (Wildman–Crippen LogP) is 5.19. The second-order valence-electron chi connectivity index (χ2n) is 4.76. The highest BCUT2D eigenvalue weighted by Crippen LogP contribution is 2.34. The maximum atomic E-state index is 3.22. The molecule has 4 rings (SSSR count). The summed E-state index contributed by atoms with van der Waals surface area (Å²) in [6.07, 6.45) is 8.29. The van der Waals surface area contributed by atoms with Gasteiger partial charge in [0.15, 0.2) is 0 Å². The van der Waals surface area contributed by atoms with Gasteiger partial charge in [0.25, 0.3) is 0 Å². The molecular formula is C19H12. The van der Waals surface area contributed by atoms with Gasteiger partial charge in [0.05, 0.1) is 0 Å². The van der Waals surface area contributed by atoms with Gasteiger partial charge in [0, 0.05) is 0 Å². The third kappa shape index (κ3) is 1.48. The SMILES string of the molecule is C1=CC=Cc2c(c3ccccc3c3ccccc23)C=1. The van der Waals surface area contributed by atoms with E-state index in [1.165, 1.54) is 32.7 Å². The van der Waals surface area contributed by atoms with Crippen molar-refractivity contribution in [3.05, 3.63) is 77.5 Å². The third-order valence-corrected chi connectivity index (χ3v) is 3.70. The van der Waals surface area contributed by atoms with Crippen molar-refractivity contribution in [2.45, 2.75) is 0 Å². The van der Waals surface area contributed by atoms with Gasteiger partial charge in [0.1, 0.15) is 0 Å². The van der Waals surface area contributed by atoms with Crippen molar-refractivity contribution in [3.8, 4) is 0 Å². The lowest BCUT2D eigenvalue weighted by Crippen LogP contribution is -1.88. The summed E-state index contributed by atoms with van der Waals surface area (Å²) in [4.78, 5) is 0. The highest BCUT2D eigenvalue weighted by molar-refractivity contribution is 6.14. The summed E-state index contributed by atoms with van der Waals surface area (Å²) in [6, 6.07) is 17.2. The molecule has 0 N–H and O–H groups in total.